The summed E-state index contributed by atoms with van der Waals surface area (Å²) in [5.41, 5.74) is 8.70. The first kappa shape index (κ1) is 10.5. The lowest BCUT2D eigenvalue weighted by molar-refractivity contribution is 0.459. The van der Waals surface area contributed by atoms with Crippen LogP contribution < -0.4 is 5.73 Å². The number of rotatable bonds is 1. The van der Waals surface area contributed by atoms with Crippen LogP contribution in [0.4, 0.5) is 0 Å². The summed E-state index contributed by atoms with van der Waals surface area (Å²) in [7, 11) is 0. The first-order valence-electron chi connectivity index (χ1n) is 4.19. The molecule has 0 aromatic heterocycles. The lowest BCUT2D eigenvalue weighted by Crippen LogP contribution is -2.06. The van der Waals surface area contributed by atoms with Crippen molar-refractivity contribution in [2.75, 3.05) is 0 Å². The van der Waals surface area contributed by atoms with Crippen LogP contribution in [0.1, 0.15) is 29.7 Å². The van der Waals surface area contributed by atoms with E-state index in [1.165, 1.54) is 0 Å². The van der Waals surface area contributed by atoms with Gasteiger partial charge in [0, 0.05) is 11.6 Å². The van der Waals surface area contributed by atoms with E-state index in [1.807, 2.05) is 26.8 Å². The summed E-state index contributed by atoms with van der Waals surface area (Å²) in [6.45, 7) is 5.83. The van der Waals surface area contributed by atoms with E-state index < -0.39 is 0 Å². The summed E-state index contributed by atoms with van der Waals surface area (Å²) in [5.74, 6) is 0.262. The van der Waals surface area contributed by atoms with E-state index in [0.29, 0.717) is 0 Å². The molecular formula is C10H14BrNO. The number of benzene rings is 1. The molecule has 0 spiro atoms. The number of aryl methyl sites for hydroxylation is 1. The van der Waals surface area contributed by atoms with Gasteiger partial charge in [0.05, 0.1) is 4.47 Å². The van der Waals surface area contributed by atoms with Gasteiger partial charge in [0.2, 0.25) is 0 Å². The molecule has 0 aliphatic carbocycles. The number of halogens is 1. The molecule has 3 heteroatoms. The van der Waals surface area contributed by atoms with Crippen LogP contribution in [0.25, 0.3) is 0 Å². The fourth-order valence-electron chi connectivity index (χ4n) is 1.23. The Kier molecular flexibility index (Phi) is 2.98. The smallest absolute Gasteiger partial charge is 0.134 e. The molecule has 3 N–H and O–H groups in total. The van der Waals surface area contributed by atoms with E-state index >= 15 is 0 Å². The summed E-state index contributed by atoms with van der Waals surface area (Å²) in [4.78, 5) is 0. The van der Waals surface area contributed by atoms with E-state index in [2.05, 4.69) is 15.9 Å². The van der Waals surface area contributed by atoms with E-state index in [0.717, 1.165) is 21.2 Å². The molecule has 1 rings (SSSR count). The molecule has 72 valence electrons. The molecule has 0 radical (unpaired) electrons. The van der Waals surface area contributed by atoms with Gasteiger partial charge in [-0.1, -0.05) is 6.07 Å². The highest BCUT2D eigenvalue weighted by atomic mass is 79.9. The molecule has 0 amide bonds. The van der Waals surface area contributed by atoms with E-state index in [9.17, 15) is 5.11 Å². The second-order valence-corrected chi connectivity index (χ2v) is 4.15. The van der Waals surface area contributed by atoms with Crippen LogP contribution >= 0.6 is 15.9 Å². The summed E-state index contributed by atoms with van der Waals surface area (Å²) >= 11 is 3.34. The van der Waals surface area contributed by atoms with Gasteiger partial charge in [0.1, 0.15) is 5.75 Å². The highest BCUT2D eigenvalue weighted by Crippen LogP contribution is 2.35. The Hall–Kier alpha value is -0.540. The van der Waals surface area contributed by atoms with E-state index in [1.54, 1.807) is 0 Å². The van der Waals surface area contributed by atoms with Gasteiger partial charge in [0.25, 0.3) is 0 Å². The monoisotopic (exact) mass is 243 g/mol. The number of nitrogens with two attached hydrogens (primary N) is 1. The van der Waals surface area contributed by atoms with Crippen molar-refractivity contribution < 1.29 is 5.11 Å². The fraction of sp³-hybridized carbons (Fsp3) is 0.400. The number of hydrogen-bond acceptors (Lipinski definition) is 2. The number of hydrogen-bond donors (Lipinski definition) is 2. The number of aromatic hydroxyl groups is 1. The third-order valence-electron chi connectivity index (χ3n) is 2.26. The van der Waals surface area contributed by atoms with Crippen LogP contribution in [-0.2, 0) is 0 Å². The lowest BCUT2D eigenvalue weighted by Gasteiger charge is -2.13. The van der Waals surface area contributed by atoms with Crippen molar-refractivity contribution in [2.24, 2.45) is 5.73 Å². The number of phenols is 1. The van der Waals surface area contributed by atoms with Crippen molar-refractivity contribution in [3.63, 3.8) is 0 Å². The Labute approximate surface area is 86.9 Å². The molecule has 2 nitrogen and oxygen atoms in total. The summed E-state index contributed by atoms with van der Waals surface area (Å²) in [6.07, 6.45) is 0. The third-order valence-corrected chi connectivity index (χ3v) is 3.23. The van der Waals surface area contributed by atoms with Crippen LogP contribution in [0.15, 0.2) is 10.5 Å². The van der Waals surface area contributed by atoms with Crippen LogP contribution in [0.5, 0.6) is 5.75 Å². The molecule has 0 bridgehead atoms. The molecular weight excluding hydrogens is 230 g/mol. The Morgan fingerprint density at radius 2 is 2.00 bits per heavy atom. The predicted octanol–water partition coefficient (Wildman–Crippen LogP) is 2.79. The van der Waals surface area contributed by atoms with Crippen molar-refractivity contribution in [2.45, 2.75) is 26.8 Å². The maximum absolute atomic E-state index is 9.75. The van der Waals surface area contributed by atoms with Gasteiger partial charge in [-0.2, -0.15) is 0 Å². The Morgan fingerprint density at radius 3 is 2.46 bits per heavy atom. The zero-order valence-corrected chi connectivity index (χ0v) is 9.64. The minimum Gasteiger partial charge on any atom is -0.506 e. The second kappa shape index (κ2) is 3.68. The van der Waals surface area contributed by atoms with Gasteiger partial charge < -0.3 is 10.8 Å². The Balaban J connectivity index is 3.41. The van der Waals surface area contributed by atoms with Crippen molar-refractivity contribution >= 4 is 15.9 Å². The van der Waals surface area contributed by atoms with Crippen molar-refractivity contribution in [1.82, 2.24) is 0 Å². The van der Waals surface area contributed by atoms with Gasteiger partial charge in [-0.25, -0.2) is 0 Å². The van der Waals surface area contributed by atoms with Gasteiger partial charge in [-0.05, 0) is 47.8 Å². The van der Waals surface area contributed by atoms with Crippen molar-refractivity contribution in [1.29, 1.82) is 0 Å². The van der Waals surface area contributed by atoms with Gasteiger partial charge in [0.15, 0.2) is 0 Å². The van der Waals surface area contributed by atoms with Gasteiger partial charge >= 0.3 is 0 Å². The quantitative estimate of drug-likeness (QED) is 0.797. The predicted molar refractivity (Wildman–Crippen MR) is 57.9 cm³/mol. The highest BCUT2D eigenvalue weighted by molar-refractivity contribution is 9.10. The van der Waals surface area contributed by atoms with E-state index in [4.69, 9.17) is 5.73 Å². The fourth-order valence-corrected chi connectivity index (χ4v) is 1.78. The zero-order chi connectivity index (χ0) is 10.2. The summed E-state index contributed by atoms with van der Waals surface area (Å²) < 4.78 is 0.750. The normalized spacial score (nSPS) is 13.0. The number of phenolic OH excluding ortho intramolecular Hbond substituents is 1. The van der Waals surface area contributed by atoms with Crippen LogP contribution in [0.2, 0.25) is 0 Å². The Bertz CT molecular complexity index is 334. The molecule has 0 saturated heterocycles. The molecule has 1 atom stereocenters. The van der Waals surface area contributed by atoms with Crippen LogP contribution in [0.3, 0.4) is 0 Å². The van der Waals surface area contributed by atoms with Crippen molar-refractivity contribution in [3.05, 3.63) is 27.2 Å². The summed E-state index contributed by atoms with van der Waals surface area (Å²) in [5, 5.41) is 9.75. The second-order valence-electron chi connectivity index (χ2n) is 3.36. The molecule has 0 aliphatic heterocycles. The topological polar surface area (TPSA) is 46.2 Å². The minimum atomic E-state index is -0.143. The lowest BCUT2D eigenvalue weighted by atomic mass is 10.0. The Morgan fingerprint density at radius 1 is 1.46 bits per heavy atom. The molecule has 1 unspecified atom stereocenters. The molecule has 0 saturated carbocycles. The third kappa shape index (κ3) is 1.86. The average molecular weight is 244 g/mol. The zero-order valence-electron chi connectivity index (χ0n) is 8.06. The van der Waals surface area contributed by atoms with Gasteiger partial charge in [-0.15, -0.1) is 0 Å². The molecule has 13 heavy (non-hydrogen) atoms. The van der Waals surface area contributed by atoms with E-state index in [-0.39, 0.29) is 11.8 Å². The molecule has 0 aliphatic rings. The SMILES string of the molecule is Cc1cc(C(C)N)c(O)c(Br)c1C. The maximum atomic E-state index is 9.75. The minimum absolute atomic E-state index is 0.143. The van der Waals surface area contributed by atoms with Gasteiger partial charge in [-0.3, -0.25) is 0 Å². The van der Waals surface area contributed by atoms with Crippen molar-refractivity contribution in [3.8, 4) is 5.75 Å². The molecule has 1 aromatic carbocycles. The molecule has 0 heterocycles. The largest absolute Gasteiger partial charge is 0.506 e. The molecule has 0 fully saturated rings. The van der Waals surface area contributed by atoms with Crippen LogP contribution in [0, 0.1) is 13.8 Å². The molecule has 1 aromatic rings. The first-order valence-corrected chi connectivity index (χ1v) is 4.98. The standard InChI is InChI=1S/C10H14BrNO/c1-5-4-8(7(3)12)10(13)9(11)6(5)2/h4,7,13H,12H2,1-3H3. The maximum Gasteiger partial charge on any atom is 0.134 e. The average Bonchev–Trinajstić information content (AvgIpc) is 2.07. The first-order chi connectivity index (χ1) is 5.95. The highest BCUT2D eigenvalue weighted by Gasteiger charge is 2.13. The van der Waals surface area contributed by atoms with Crippen LogP contribution in [-0.4, -0.2) is 5.11 Å². The summed E-state index contributed by atoms with van der Waals surface area (Å²) in [6, 6.07) is 1.79.